The Labute approximate surface area is 217 Å². The molecule has 0 spiro atoms. The van der Waals surface area contributed by atoms with E-state index in [4.69, 9.17) is 24.9 Å². The number of hydrogen-bond donors (Lipinski definition) is 2. The van der Waals surface area contributed by atoms with Crippen LogP contribution in [0.2, 0.25) is 0 Å². The lowest BCUT2D eigenvalue weighted by atomic mass is 9.88. The molecule has 37 heavy (non-hydrogen) atoms. The van der Waals surface area contributed by atoms with Crippen molar-refractivity contribution in [2.45, 2.75) is 63.7 Å². The smallest absolute Gasteiger partial charge is 0.163 e. The maximum absolute atomic E-state index is 13.1. The third-order valence-corrected chi connectivity index (χ3v) is 7.12. The van der Waals surface area contributed by atoms with E-state index in [1.54, 1.807) is 32.2 Å². The van der Waals surface area contributed by atoms with Gasteiger partial charge >= 0.3 is 0 Å². The van der Waals surface area contributed by atoms with Gasteiger partial charge in [-0.3, -0.25) is 4.79 Å². The molecule has 0 saturated heterocycles. The van der Waals surface area contributed by atoms with Crippen LogP contribution in [0.25, 0.3) is 11.3 Å². The third kappa shape index (κ3) is 5.20. The molecule has 7 heteroatoms. The van der Waals surface area contributed by atoms with Gasteiger partial charge in [0.25, 0.3) is 0 Å². The number of Topliss-reactive ketones (excluding diaryl/α,β-unsaturated/α-hetero) is 1. The molecular weight excluding hydrogens is 468 g/mol. The number of rotatable bonds is 9. The maximum Gasteiger partial charge on any atom is 0.163 e. The Hall–Kier alpha value is -3.42. The zero-order valence-electron chi connectivity index (χ0n) is 21.8. The van der Waals surface area contributed by atoms with Crippen molar-refractivity contribution in [1.82, 2.24) is 4.98 Å². The van der Waals surface area contributed by atoms with Gasteiger partial charge < -0.3 is 25.1 Å². The van der Waals surface area contributed by atoms with E-state index in [0.29, 0.717) is 40.8 Å². The van der Waals surface area contributed by atoms with E-state index < -0.39 is 11.1 Å². The minimum absolute atomic E-state index is 0.0875. The van der Waals surface area contributed by atoms with Crippen molar-refractivity contribution < 1.29 is 24.1 Å². The number of methoxy groups -OCH3 is 1. The first-order valence-electron chi connectivity index (χ1n) is 12.7. The number of aliphatic hydroxyl groups is 1. The maximum atomic E-state index is 13.1. The number of ether oxygens (including phenoxy) is 3. The molecule has 1 aliphatic heterocycles. The van der Waals surface area contributed by atoms with E-state index in [0.717, 1.165) is 29.5 Å². The molecule has 2 aromatic carbocycles. The fraction of sp³-hybridized carbons (Fsp3) is 0.400. The highest BCUT2D eigenvalue weighted by atomic mass is 16.5. The topological polar surface area (TPSA) is 104 Å². The van der Waals surface area contributed by atoms with Crippen LogP contribution in [-0.4, -0.2) is 35.7 Å². The van der Waals surface area contributed by atoms with E-state index in [1.165, 1.54) is 0 Å². The van der Waals surface area contributed by atoms with Crippen molar-refractivity contribution in [3.05, 3.63) is 70.9 Å². The second-order valence-electron chi connectivity index (χ2n) is 10.7. The molecule has 0 radical (unpaired) electrons. The molecule has 5 rings (SSSR count). The summed E-state index contributed by atoms with van der Waals surface area (Å²) in [5.74, 6) is 1.74. The van der Waals surface area contributed by atoms with Crippen molar-refractivity contribution in [1.29, 1.82) is 0 Å². The lowest BCUT2D eigenvalue weighted by molar-refractivity contribution is 0.0396. The van der Waals surface area contributed by atoms with Crippen LogP contribution in [0.1, 0.15) is 66.7 Å². The Bertz CT molecular complexity index is 1330. The number of hydrogen-bond acceptors (Lipinski definition) is 7. The molecule has 1 aliphatic carbocycles. The summed E-state index contributed by atoms with van der Waals surface area (Å²) in [5, 5.41) is 11.5. The molecule has 3 N–H and O–H groups in total. The van der Waals surface area contributed by atoms with Crippen LogP contribution in [0.5, 0.6) is 17.2 Å². The largest absolute Gasteiger partial charge is 0.493 e. The number of ketones is 1. The molecule has 2 unspecified atom stereocenters. The molecule has 0 bridgehead atoms. The molecule has 1 fully saturated rings. The number of pyridine rings is 1. The van der Waals surface area contributed by atoms with Gasteiger partial charge in [0.1, 0.15) is 17.9 Å². The number of benzene rings is 2. The first-order valence-corrected chi connectivity index (χ1v) is 12.7. The van der Waals surface area contributed by atoms with Crippen molar-refractivity contribution in [3.8, 4) is 28.5 Å². The van der Waals surface area contributed by atoms with Gasteiger partial charge in [0.15, 0.2) is 23.0 Å². The summed E-state index contributed by atoms with van der Waals surface area (Å²) in [4.78, 5) is 17.9. The number of aryl methyl sites for hydroxylation is 1. The average molecular weight is 503 g/mol. The summed E-state index contributed by atoms with van der Waals surface area (Å²) in [7, 11) is 1.58. The Morgan fingerprint density at radius 2 is 1.92 bits per heavy atom. The predicted molar refractivity (Wildman–Crippen MR) is 141 cm³/mol. The fourth-order valence-corrected chi connectivity index (χ4v) is 4.52. The molecule has 2 heterocycles. The van der Waals surface area contributed by atoms with Crippen molar-refractivity contribution in [2.75, 3.05) is 13.7 Å². The van der Waals surface area contributed by atoms with Crippen LogP contribution >= 0.6 is 0 Å². The number of nitrogens with two attached hydrogens (primary N) is 1. The Kier molecular flexibility index (Phi) is 6.46. The van der Waals surface area contributed by atoms with Gasteiger partial charge in [0.05, 0.1) is 24.4 Å². The van der Waals surface area contributed by atoms with Crippen LogP contribution in [0, 0.1) is 6.92 Å². The molecule has 1 saturated carbocycles. The van der Waals surface area contributed by atoms with Gasteiger partial charge in [0.2, 0.25) is 0 Å². The number of nitrogens with zero attached hydrogens (tertiary/aromatic N) is 1. The van der Waals surface area contributed by atoms with Gasteiger partial charge in [-0.15, -0.1) is 0 Å². The van der Waals surface area contributed by atoms with Crippen molar-refractivity contribution >= 4 is 5.78 Å². The first-order chi connectivity index (χ1) is 17.6. The highest BCUT2D eigenvalue weighted by molar-refractivity contribution is 5.96. The van der Waals surface area contributed by atoms with E-state index in [-0.39, 0.29) is 24.7 Å². The fourth-order valence-electron chi connectivity index (χ4n) is 4.52. The molecule has 194 valence electrons. The summed E-state index contributed by atoms with van der Waals surface area (Å²) >= 11 is 0. The highest BCUT2D eigenvalue weighted by Gasteiger charge is 2.38. The van der Waals surface area contributed by atoms with Crippen LogP contribution in [0.4, 0.5) is 0 Å². The Balaban J connectivity index is 1.41. The molecule has 7 nitrogen and oxygen atoms in total. The molecule has 1 aromatic heterocycles. The second kappa shape index (κ2) is 9.47. The number of carbonyl (C=O) groups is 1. The van der Waals surface area contributed by atoms with Gasteiger partial charge in [-0.05, 0) is 64.3 Å². The zero-order chi connectivity index (χ0) is 26.4. The standard InChI is InChI=1S/C30H34N2O5/c1-18-5-7-19(8-6-18)27-28-22(29(2,31)17-36-28)16-26(32-27)30(3,34)14-13-23(33)20-9-12-24(35-4)25(15-20)37-21-10-11-21/h5-9,12,15-16,21,34H,10-11,13-14,17,31H2,1-4H3. The minimum atomic E-state index is -1.36. The normalized spacial score (nSPS) is 20.1. The van der Waals surface area contributed by atoms with Crippen LogP contribution in [-0.2, 0) is 11.1 Å². The lowest BCUT2D eigenvalue weighted by Crippen LogP contribution is -2.35. The SMILES string of the molecule is COc1ccc(C(=O)CCC(C)(O)c2cc3c(c(-c4ccc(C)cc4)n2)OCC3(C)N)cc1OC1CC1. The Morgan fingerprint density at radius 3 is 2.59 bits per heavy atom. The molecule has 2 aliphatic rings. The monoisotopic (exact) mass is 502 g/mol. The van der Waals surface area contributed by atoms with Gasteiger partial charge in [-0.2, -0.15) is 0 Å². The summed E-state index contributed by atoms with van der Waals surface area (Å²) in [6.45, 7) is 5.95. The van der Waals surface area contributed by atoms with E-state index in [2.05, 4.69) is 0 Å². The van der Waals surface area contributed by atoms with Crippen molar-refractivity contribution in [2.24, 2.45) is 5.73 Å². The predicted octanol–water partition coefficient (Wildman–Crippen LogP) is 5.04. The Morgan fingerprint density at radius 1 is 1.19 bits per heavy atom. The average Bonchev–Trinajstić information content (AvgIpc) is 3.64. The second-order valence-corrected chi connectivity index (χ2v) is 10.7. The zero-order valence-corrected chi connectivity index (χ0v) is 21.8. The number of carbonyl (C=O) groups excluding carboxylic acids is 1. The number of fused-ring (bicyclic) bond motifs is 1. The van der Waals surface area contributed by atoms with Crippen molar-refractivity contribution in [3.63, 3.8) is 0 Å². The molecule has 2 atom stereocenters. The first kappa shape index (κ1) is 25.2. The van der Waals surface area contributed by atoms with Crippen LogP contribution in [0.3, 0.4) is 0 Å². The van der Waals surface area contributed by atoms with E-state index >= 15 is 0 Å². The van der Waals surface area contributed by atoms with E-state index in [1.807, 2.05) is 44.2 Å². The highest BCUT2D eigenvalue weighted by Crippen LogP contribution is 2.44. The quantitative estimate of drug-likeness (QED) is 0.395. The molecule has 0 amide bonds. The van der Waals surface area contributed by atoms with Gasteiger partial charge in [-0.25, -0.2) is 4.98 Å². The summed E-state index contributed by atoms with van der Waals surface area (Å²) in [5.41, 5.74) is 8.92. The third-order valence-electron chi connectivity index (χ3n) is 7.12. The summed E-state index contributed by atoms with van der Waals surface area (Å²) in [6, 6.07) is 15.0. The van der Waals surface area contributed by atoms with E-state index in [9.17, 15) is 9.90 Å². The number of aromatic nitrogens is 1. The summed E-state index contributed by atoms with van der Waals surface area (Å²) in [6.07, 6.45) is 2.53. The molecule has 3 aromatic rings. The van der Waals surface area contributed by atoms with Gasteiger partial charge in [-0.1, -0.05) is 29.8 Å². The van der Waals surface area contributed by atoms with Crippen LogP contribution in [0.15, 0.2) is 48.5 Å². The van der Waals surface area contributed by atoms with Crippen LogP contribution < -0.4 is 19.9 Å². The summed E-state index contributed by atoms with van der Waals surface area (Å²) < 4.78 is 17.3. The van der Waals surface area contributed by atoms with Gasteiger partial charge in [0, 0.05) is 23.1 Å². The molecular formula is C30H34N2O5. The lowest BCUT2D eigenvalue weighted by Gasteiger charge is -2.25. The minimum Gasteiger partial charge on any atom is -0.493 e.